The van der Waals surface area contributed by atoms with Crippen LogP contribution in [0.3, 0.4) is 0 Å². The third-order valence-electron chi connectivity index (χ3n) is 6.03. The molecule has 0 radical (unpaired) electrons. The monoisotopic (exact) mass is 518 g/mol. The van der Waals surface area contributed by atoms with Crippen molar-refractivity contribution in [1.82, 2.24) is 19.4 Å². The first kappa shape index (κ1) is 25.2. The van der Waals surface area contributed by atoms with Gasteiger partial charge in [-0.15, -0.1) is 0 Å². The van der Waals surface area contributed by atoms with E-state index in [1.54, 1.807) is 27.7 Å². The minimum Gasteiger partial charge on any atom is -0.443 e. The fraction of sp³-hybridized carbons (Fsp3) is 0.619. The fourth-order valence-corrected chi connectivity index (χ4v) is 5.12. The highest BCUT2D eigenvalue weighted by Crippen LogP contribution is 2.47. The van der Waals surface area contributed by atoms with Crippen LogP contribution >= 0.6 is 0 Å². The SMILES string of the molecule is Cc1ncc2c(OS(=O)(=O)C(F)(F)F)c3n(c2n1)C1(CCCCC1)CN(C(=O)OC(C)(C)C)C3=O. The number of carbonyl (C=O) groups is 2. The molecule has 2 aliphatic rings. The van der Waals surface area contributed by atoms with Gasteiger partial charge in [-0.25, -0.2) is 19.7 Å². The van der Waals surface area contributed by atoms with E-state index in [2.05, 4.69) is 14.2 Å². The number of rotatable bonds is 2. The van der Waals surface area contributed by atoms with E-state index in [1.165, 1.54) is 4.57 Å². The minimum atomic E-state index is -6.14. The number of halogens is 3. The molecule has 0 unspecified atom stereocenters. The Balaban J connectivity index is 2.01. The molecular formula is C21H25F3N4O6S. The van der Waals surface area contributed by atoms with Gasteiger partial charge in [-0.3, -0.25) is 4.79 Å². The number of alkyl halides is 3. The molecule has 3 heterocycles. The second kappa shape index (κ2) is 8.07. The lowest BCUT2D eigenvalue weighted by molar-refractivity contribution is -0.0500. The summed E-state index contributed by atoms with van der Waals surface area (Å²) in [6.07, 6.45) is 3.40. The number of imide groups is 1. The van der Waals surface area contributed by atoms with Crippen molar-refractivity contribution in [2.24, 2.45) is 0 Å². The molecule has 0 bridgehead atoms. The number of hydrogen-bond acceptors (Lipinski definition) is 8. The van der Waals surface area contributed by atoms with Gasteiger partial charge in [0.25, 0.3) is 5.91 Å². The van der Waals surface area contributed by atoms with E-state index in [0.29, 0.717) is 12.8 Å². The Morgan fingerprint density at radius 2 is 1.77 bits per heavy atom. The Bertz CT molecular complexity index is 1310. The first-order valence-electron chi connectivity index (χ1n) is 11.0. The molecule has 0 saturated heterocycles. The van der Waals surface area contributed by atoms with Crippen molar-refractivity contribution in [2.45, 2.75) is 76.4 Å². The Kier molecular flexibility index (Phi) is 5.81. The number of fused-ring (bicyclic) bond motifs is 4. The molecule has 2 aromatic rings. The van der Waals surface area contributed by atoms with Crippen LogP contribution in [0.15, 0.2) is 6.20 Å². The van der Waals surface area contributed by atoms with Crippen molar-refractivity contribution in [3.05, 3.63) is 17.7 Å². The van der Waals surface area contributed by atoms with Crippen molar-refractivity contribution in [3.63, 3.8) is 0 Å². The topological polar surface area (TPSA) is 121 Å². The maximum atomic E-state index is 13.6. The first-order valence-corrected chi connectivity index (χ1v) is 12.4. The summed E-state index contributed by atoms with van der Waals surface area (Å²) in [6.45, 7) is 6.27. The van der Waals surface area contributed by atoms with Crippen LogP contribution in [0.2, 0.25) is 0 Å². The van der Waals surface area contributed by atoms with Gasteiger partial charge in [-0.1, -0.05) is 19.3 Å². The van der Waals surface area contributed by atoms with Gasteiger partial charge in [-0.05, 0) is 40.5 Å². The van der Waals surface area contributed by atoms with Crippen LogP contribution in [0.25, 0.3) is 11.0 Å². The van der Waals surface area contributed by atoms with Gasteiger partial charge >= 0.3 is 21.7 Å². The fourth-order valence-electron chi connectivity index (χ4n) is 4.64. The maximum absolute atomic E-state index is 13.6. The van der Waals surface area contributed by atoms with E-state index in [-0.39, 0.29) is 23.4 Å². The zero-order valence-corrected chi connectivity index (χ0v) is 20.4. The minimum absolute atomic E-state index is 0.0685. The van der Waals surface area contributed by atoms with Gasteiger partial charge in [0.05, 0.1) is 17.5 Å². The van der Waals surface area contributed by atoms with Gasteiger partial charge in [0, 0.05) is 6.20 Å². The number of ether oxygens (including phenoxy) is 1. The Morgan fingerprint density at radius 3 is 2.34 bits per heavy atom. The van der Waals surface area contributed by atoms with Crippen LogP contribution in [-0.4, -0.2) is 57.5 Å². The summed E-state index contributed by atoms with van der Waals surface area (Å²) in [4.78, 5) is 35.7. The zero-order valence-electron chi connectivity index (χ0n) is 19.6. The molecule has 192 valence electrons. The van der Waals surface area contributed by atoms with Crippen molar-refractivity contribution in [1.29, 1.82) is 0 Å². The molecule has 1 spiro atoms. The number of carbonyl (C=O) groups excluding carboxylic acids is 2. The van der Waals surface area contributed by atoms with Gasteiger partial charge in [0.15, 0.2) is 11.4 Å². The number of hydrogen-bond donors (Lipinski definition) is 0. The van der Waals surface area contributed by atoms with E-state index in [9.17, 15) is 31.2 Å². The third kappa shape index (κ3) is 4.32. The Morgan fingerprint density at radius 1 is 1.14 bits per heavy atom. The highest BCUT2D eigenvalue weighted by Gasteiger charge is 2.53. The van der Waals surface area contributed by atoms with E-state index in [1.807, 2.05) is 0 Å². The van der Waals surface area contributed by atoms with Crippen LogP contribution in [0.1, 0.15) is 69.2 Å². The first-order chi connectivity index (χ1) is 16.1. The van der Waals surface area contributed by atoms with E-state index in [0.717, 1.165) is 30.4 Å². The largest absolute Gasteiger partial charge is 0.534 e. The predicted octanol–water partition coefficient (Wildman–Crippen LogP) is 4.02. The zero-order chi connectivity index (χ0) is 26.0. The van der Waals surface area contributed by atoms with Crippen LogP contribution in [-0.2, 0) is 20.4 Å². The normalized spacial score (nSPS) is 18.6. The van der Waals surface area contributed by atoms with E-state index >= 15 is 0 Å². The summed E-state index contributed by atoms with van der Waals surface area (Å²) in [6, 6.07) is 0. The molecule has 0 N–H and O–H groups in total. The number of amides is 2. The number of nitrogens with zero attached hydrogens (tertiary/aromatic N) is 4. The molecular weight excluding hydrogens is 493 g/mol. The average molecular weight is 519 g/mol. The summed E-state index contributed by atoms with van der Waals surface area (Å²) in [5.41, 5.74) is -8.07. The lowest BCUT2D eigenvalue weighted by Gasteiger charge is -2.46. The average Bonchev–Trinajstić information content (AvgIpc) is 3.03. The maximum Gasteiger partial charge on any atom is 0.534 e. The molecule has 4 rings (SSSR count). The Hall–Kier alpha value is -2.90. The highest BCUT2D eigenvalue weighted by molar-refractivity contribution is 7.88. The third-order valence-corrected chi connectivity index (χ3v) is 6.99. The molecule has 14 heteroatoms. The lowest BCUT2D eigenvalue weighted by atomic mass is 9.79. The lowest BCUT2D eigenvalue weighted by Crippen LogP contribution is -2.57. The number of aryl methyl sites for hydroxylation is 1. The van der Waals surface area contributed by atoms with Gasteiger partial charge in [0.1, 0.15) is 17.1 Å². The quantitative estimate of drug-likeness (QED) is 0.432. The smallest absolute Gasteiger partial charge is 0.443 e. The van der Waals surface area contributed by atoms with Crippen LogP contribution in [0.4, 0.5) is 18.0 Å². The summed E-state index contributed by atoms with van der Waals surface area (Å²) in [7, 11) is -6.14. The van der Waals surface area contributed by atoms with Crippen molar-refractivity contribution < 1.29 is 40.1 Å². The summed E-state index contributed by atoms with van der Waals surface area (Å²) < 4.78 is 75.0. The molecule has 10 nitrogen and oxygen atoms in total. The van der Waals surface area contributed by atoms with Gasteiger partial charge < -0.3 is 13.5 Å². The van der Waals surface area contributed by atoms with Gasteiger partial charge in [0.2, 0.25) is 0 Å². The molecule has 2 aromatic heterocycles. The molecule has 1 aliphatic carbocycles. The molecule has 1 saturated carbocycles. The van der Waals surface area contributed by atoms with Crippen LogP contribution in [0.5, 0.6) is 5.75 Å². The number of aromatic nitrogens is 3. The predicted molar refractivity (Wildman–Crippen MR) is 116 cm³/mol. The summed E-state index contributed by atoms with van der Waals surface area (Å²) in [5, 5.41) is -0.178. The van der Waals surface area contributed by atoms with Crippen molar-refractivity contribution >= 4 is 33.2 Å². The van der Waals surface area contributed by atoms with Gasteiger partial charge in [-0.2, -0.15) is 21.6 Å². The second-order valence-electron chi connectivity index (χ2n) is 9.81. The molecule has 0 aromatic carbocycles. The van der Waals surface area contributed by atoms with Crippen LogP contribution < -0.4 is 4.18 Å². The highest BCUT2D eigenvalue weighted by atomic mass is 32.2. The molecule has 0 atom stereocenters. The molecule has 2 amide bonds. The molecule has 1 aliphatic heterocycles. The standard InChI is InChI=1S/C21H25F3N4O6S/c1-12-25-10-13-15(34-35(31,32)21(22,23)24)14-17(29)27(18(30)33-19(2,3)4)11-20(8-6-5-7-9-20)28(14)16(13)26-12/h10H,5-9,11H2,1-4H3. The molecule has 35 heavy (non-hydrogen) atoms. The summed E-state index contributed by atoms with van der Waals surface area (Å²) in [5.74, 6) is -1.64. The van der Waals surface area contributed by atoms with Crippen molar-refractivity contribution in [2.75, 3.05) is 6.54 Å². The Labute approximate surface area is 199 Å². The molecule has 1 fully saturated rings. The van der Waals surface area contributed by atoms with Crippen LogP contribution in [0, 0.1) is 6.92 Å². The van der Waals surface area contributed by atoms with E-state index in [4.69, 9.17) is 4.74 Å². The summed E-state index contributed by atoms with van der Waals surface area (Å²) >= 11 is 0. The van der Waals surface area contributed by atoms with Crippen molar-refractivity contribution in [3.8, 4) is 5.75 Å². The second-order valence-corrected chi connectivity index (χ2v) is 11.3. The van der Waals surface area contributed by atoms with E-state index < -0.39 is 50.2 Å².